The van der Waals surface area contributed by atoms with Crippen molar-refractivity contribution in [2.24, 2.45) is 7.05 Å². The molecule has 3 rings (SSSR count). The molecule has 1 aromatic carbocycles. The van der Waals surface area contributed by atoms with Crippen molar-refractivity contribution in [3.8, 4) is 35.4 Å². The summed E-state index contributed by atoms with van der Waals surface area (Å²) >= 11 is 2.51. The van der Waals surface area contributed by atoms with E-state index in [0.29, 0.717) is 38.1 Å². The number of aromatic nitrogens is 6. The molecule has 27 heavy (non-hydrogen) atoms. The minimum atomic E-state index is 0.335. The average Bonchev–Trinajstić information content (AvgIpc) is 3.10. The van der Waals surface area contributed by atoms with E-state index in [1.807, 2.05) is 24.3 Å². The summed E-state index contributed by atoms with van der Waals surface area (Å²) in [5.41, 5.74) is 1.58. The van der Waals surface area contributed by atoms with Crippen molar-refractivity contribution in [2.45, 2.75) is 15.3 Å². The van der Waals surface area contributed by atoms with Crippen LogP contribution < -0.4 is 4.74 Å². The van der Waals surface area contributed by atoms with Crippen molar-refractivity contribution in [2.75, 3.05) is 12.9 Å². The van der Waals surface area contributed by atoms with Gasteiger partial charge in [0.25, 0.3) is 0 Å². The van der Waals surface area contributed by atoms with Crippen molar-refractivity contribution in [1.29, 1.82) is 5.26 Å². The zero-order valence-corrected chi connectivity index (χ0v) is 16.1. The third kappa shape index (κ3) is 4.19. The van der Waals surface area contributed by atoms with Crippen LogP contribution in [0, 0.1) is 23.7 Å². The summed E-state index contributed by atoms with van der Waals surface area (Å²) in [4.78, 5) is 9.03. The van der Waals surface area contributed by atoms with E-state index in [-0.39, 0.29) is 0 Å². The molecule has 0 radical (unpaired) electrons. The molecule has 0 fully saturated rings. The Morgan fingerprint density at radius 1 is 1.33 bits per heavy atom. The first-order chi connectivity index (χ1) is 13.2. The third-order valence-electron chi connectivity index (χ3n) is 3.36. The Balaban J connectivity index is 2.15. The van der Waals surface area contributed by atoms with Gasteiger partial charge in [-0.25, -0.2) is 14.6 Å². The lowest BCUT2D eigenvalue weighted by Gasteiger charge is -2.10. The van der Waals surface area contributed by atoms with Gasteiger partial charge in [-0.3, -0.25) is 0 Å². The number of ether oxygens (including phenoxy) is 1. The topological polar surface area (TPSA) is 102 Å². The summed E-state index contributed by atoms with van der Waals surface area (Å²) in [5, 5.41) is 22.6. The molecule has 2 heterocycles. The van der Waals surface area contributed by atoms with Crippen molar-refractivity contribution in [3.63, 3.8) is 0 Å². The Morgan fingerprint density at radius 2 is 2.19 bits per heavy atom. The SMILES string of the molecule is C#CCSc1nc(Sc2nnnn2C)c(C#N)c(-c2cccc(OC)c2)n1. The second kappa shape index (κ2) is 8.54. The van der Waals surface area contributed by atoms with Crippen LogP contribution in [-0.4, -0.2) is 43.0 Å². The Labute approximate surface area is 164 Å². The largest absolute Gasteiger partial charge is 0.497 e. The van der Waals surface area contributed by atoms with Gasteiger partial charge in [0.1, 0.15) is 22.4 Å². The number of methoxy groups -OCH3 is 1. The molecule has 10 heteroatoms. The standard InChI is InChI=1S/C17H13N7OS2/c1-4-8-26-16-19-14(11-6-5-7-12(9-11)25-3)13(10-18)15(20-16)27-17-21-22-23-24(17)2/h1,5-7,9H,8H2,2-3H3. The molecule has 0 aliphatic rings. The van der Waals surface area contributed by atoms with E-state index < -0.39 is 0 Å². The van der Waals surface area contributed by atoms with Crippen LogP contribution in [0.5, 0.6) is 5.75 Å². The van der Waals surface area contributed by atoms with Crippen LogP contribution in [0.15, 0.2) is 39.6 Å². The first-order valence-corrected chi connectivity index (χ1v) is 9.39. The molecule has 0 aliphatic carbocycles. The lowest BCUT2D eigenvalue weighted by atomic mass is 10.1. The summed E-state index contributed by atoms with van der Waals surface area (Å²) < 4.78 is 6.79. The van der Waals surface area contributed by atoms with Crippen LogP contribution in [0.1, 0.15) is 5.56 Å². The molecule has 0 bridgehead atoms. The van der Waals surface area contributed by atoms with E-state index in [1.165, 1.54) is 28.2 Å². The molecule has 2 aromatic heterocycles. The molecule has 0 atom stereocenters. The van der Waals surface area contributed by atoms with E-state index in [2.05, 4.69) is 37.5 Å². The zero-order chi connectivity index (χ0) is 19.2. The maximum absolute atomic E-state index is 9.78. The normalized spacial score (nSPS) is 10.2. The minimum absolute atomic E-state index is 0.335. The van der Waals surface area contributed by atoms with Gasteiger partial charge in [0.05, 0.1) is 18.6 Å². The number of hydrogen-bond donors (Lipinski definition) is 0. The summed E-state index contributed by atoms with van der Waals surface area (Å²) in [6.07, 6.45) is 5.36. The van der Waals surface area contributed by atoms with Crippen LogP contribution >= 0.6 is 23.5 Å². The molecule has 0 saturated heterocycles. The van der Waals surface area contributed by atoms with Crippen LogP contribution in [0.3, 0.4) is 0 Å². The lowest BCUT2D eigenvalue weighted by Crippen LogP contribution is -2.01. The van der Waals surface area contributed by atoms with Crippen molar-refractivity contribution in [1.82, 2.24) is 30.2 Å². The highest BCUT2D eigenvalue weighted by atomic mass is 32.2. The highest BCUT2D eigenvalue weighted by Gasteiger charge is 2.19. The molecular weight excluding hydrogens is 382 g/mol. The van der Waals surface area contributed by atoms with Gasteiger partial charge < -0.3 is 4.74 Å². The Hall–Kier alpha value is -3.08. The predicted molar refractivity (Wildman–Crippen MR) is 101 cm³/mol. The van der Waals surface area contributed by atoms with Crippen molar-refractivity contribution >= 4 is 23.5 Å². The summed E-state index contributed by atoms with van der Waals surface area (Å²) in [7, 11) is 3.30. The number of nitriles is 1. The summed E-state index contributed by atoms with van der Waals surface area (Å²) in [5.74, 6) is 3.63. The predicted octanol–water partition coefficient (Wildman–Crippen LogP) is 2.42. The quantitative estimate of drug-likeness (QED) is 0.269. The van der Waals surface area contributed by atoms with E-state index >= 15 is 0 Å². The second-order valence-electron chi connectivity index (χ2n) is 5.06. The molecule has 8 nitrogen and oxygen atoms in total. The van der Waals surface area contributed by atoms with Crippen molar-refractivity contribution < 1.29 is 4.74 Å². The zero-order valence-electron chi connectivity index (χ0n) is 14.4. The Kier molecular flexibility index (Phi) is 5.91. The monoisotopic (exact) mass is 395 g/mol. The van der Waals surface area contributed by atoms with Gasteiger partial charge in [-0.1, -0.05) is 29.8 Å². The highest BCUT2D eigenvalue weighted by molar-refractivity contribution is 7.99. The number of hydrogen-bond acceptors (Lipinski definition) is 9. The van der Waals surface area contributed by atoms with E-state index in [4.69, 9.17) is 11.2 Å². The Bertz CT molecular complexity index is 1050. The van der Waals surface area contributed by atoms with E-state index in [0.717, 1.165) is 5.56 Å². The van der Waals surface area contributed by atoms with Crippen LogP contribution in [0.2, 0.25) is 0 Å². The molecule has 0 saturated carbocycles. The molecule has 0 amide bonds. The van der Waals surface area contributed by atoms with Gasteiger partial charge >= 0.3 is 0 Å². The molecule has 0 unspecified atom stereocenters. The van der Waals surface area contributed by atoms with Gasteiger partial charge in [-0.15, -0.1) is 11.5 Å². The van der Waals surface area contributed by atoms with Gasteiger partial charge in [-0.2, -0.15) is 5.26 Å². The van der Waals surface area contributed by atoms with Gasteiger partial charge in [0.2, 0.25) is 5.16 Å². The average molecular weight is 395 g/mol. The Morgan fingerprint density at radius 3 is 2.85 bits per heavy atom. The lowest BCUT2D eigenvalue weighted by molar-refractivity contribution is 0.415. The van der Waals surface area contributed by atoms with Gasteiger partial charge in [0, 0.05) is 12.6 Å². The minimum Gasteiger partial charge on any atom is -0.497 e. The first kappa shape index (κ1) is 18.7. The van der Waals surface area contributed by atoms with E-state index in [1.54, 1.807) is 14.2 Å². The van der Waals surface area contributed by atoms with Crippen molar-refractivity contribution in [3.05, 3.63) is 29.8 Å². The fourth-order valence-electron chi connectivity index (χ4n) is 2.14. The number of rotatable bonds is 6. The number of nitrogens with zero attached hydrogens (tertiary/aromatic N) is 7. The number of thioether (sulfide) groups is 1. The molecular formula is C17H13N7OS2. The smallest absolute Gasteiger partial charge is 0.215 e. The second-order valence-corrected chi connectivity index (χ2v) is 6.96. The highest BCUT2D eigenvalue weighted by Crippen LogP contribution is 2.34. The summed E-state index contributed by atoms with van der Waals surface area (Å²) in [6, 6.07) is 9.54. The van der Waals surface area contributed by atoms with Crippen LogP contribution in [-0.2, 0) is 7.05 Å². The summed E-state index contributed by atoms with van der Waals surface area (Å²) in [6.45, 7) is 0. The van der Waals surface area contributed by atoms with E-state index in [9.17, 15) is 5.26 Å². The molecule has 3 aromatic rings. The number of benzene rings is 1. The number of aryl methyl sites for hydroxylation is 1. The van der Waals surface area contributed by atoms with Crippen LogP contribution in [0.4, 0.5) is 0 Å². The molecule has 134 valence electrons. The fourth-order valence-corrected chi connectivity index (χ4v) is 3.52. The number of tetrazole rings is 1. The molecule has 0 aliphatic heterocycles. The maximum Gasteiger partial charge on any atom is 0.215 e. The maximum atomic E-state index is 9.78. The molecule has 0 N–H and O–H groups in total. The molecule has 0 spiro atoms. The fraction of sp³-hybridized carbons (Fsp3) is 0.176. The van der Waals surface area contributed by atoms with Gasteiger partial charge in [-0.05, 0) is 34.3 Å². The van der Waals surface area contributed by atoms with Gasteiger partial charge in [0.15, 0.2) is 5.16 Å². The first-order valence-electron chi connectivity index (χ1n) is 7.59. The number of terminal acetylenes is 1. The van der Waals surface area contributed by atoms with Crippen LogP contribution in [0.25, 0.3) is 11.3 Å². The third-order valence-corrected chi connectivity index (χ3v) is 5.13.